The Hall–Kier alpha value is 0.137. The third-order valence-corrected chi connectivity index (χ3v) is 11.2. The van der Waals surface area contributed by atoms with Crippen LogP contribution in [-0.4, -0.2) is 27.1 Å². The number of alkyl halides is 3. The zero-order chi connectivity index (χ0) is 21.4. The summed E-state index contributed by atoms with van der Waals surface area (Å²) in [5.41, 5.74) is 1.89. The van der Waals surface area contributed by atoms with Crippen LogP contribution in [0.5, 0.6) is 0 Å². The Labute approximate surface area is 184 Å². The molecule has 28 heavy (non-hydrogen) atoms. The van der Waals surface area contributed by atoms with Crippen LogP contribution in [0.25, 0.3) is 0 Å². The molecule has 0 saturated heterocycles. The fraction of sp³-hybridized carbons (Fsp3) is 0.667. The van der Waals surface area contributed by atoms with Gasteiger partial charge in [0.2, 0.25) is 3.79 Å². The molecule has 0 radical (unpaired) electrons. The van der Waals surface area contributed by atoms with E-state index < -0.39 is 35.1 Å². The Kier molecular flexibility index (Phi) is 7.59. The van der Waals surface area contributed by atoms with Gasteiger partial charge in [0, 0.05) is 6.04 Å². The maximum absolute atomic E-state index is 12.3. The van der Waals surface area contributed by atoms with Gasteiger partial charge in [0.05, 0.1) is 6.10 Å². The summed E-state index contributed by atoms with van der Waals surface area (Å²) in [6.07, 6.45) is 1.24. The van der Waals surface area contributed by atoms with E-state index in [1.54, 1.807) is 0 Å². The maximum Gasteiger partial charge on any atom is 0.336 e. The fourth-order valence-corrected chi connectivity index (χ4v) is 5.54. The molecule has 0 spiro atoms. The van der Waals surface area contributed by atoms with Gasteiger partial charge in [-0.05, 0) is 42.1 Å². The minimum Gasteiger partial charge on any atom is -0.410 e. The van der Waals surface area contributed by atoms with Crippen LogP contribution in [0.2, 0.25) is 18.1 Å². The van der Waals surface area contributed by atoms with Gasteiger partial charge in [-0.3, -0.25) is 4.18 Å². The van der Waals surface area contributed by atoms with Gasteiger partial charge in [-0.2, -0.15) is 13.1 Å². The molecule has 0 saturated carbocycles. The molecule has 1 N–H and O–H groups in total. The first-order valence-electron chi connectivity index (χ1n) is 9.11. The number of hydrogen-bond acceptors (Lipinski definition) is 4. The zero-order valence-corrected chi connectivity index (χ0v) is 20.8. The SMILES string of the molecule is CC(C)(C)[Si](C)(C)O[C@@H]1CC[C@H](NS(=O)(=O)OCC(Cl)(Cl)Cl)c2ccccc21. The lowest BCUT2D eigenvalue weighted by atomic mass is 9.86. The van der Waals surface area contributed by atoms with Crippen molar-refractivity contribution >= 4 is 53.4 Å². The molecule has 10 heteroatoms. The molecule has 0 bridgehead atoms. The normalized spacial score (nSPS) is 21.4. The molecular formula is C18H28Cl3NO4SSi. The Bertz CT molecular complexity index is 791. The summed E-state index contributed by atoms with van der Waals surface area (Å²) in [4.78, 5) is 0. The summed E-state index contributed by atoms with van der Waals surface area (Å²) >= 11 is 16.7. The molecule has 1 aromatic rings. The van der Waals surface area contributed by atoms with Crippen LogP contribution in [0.3, 0.4) is 0 Å². The molecule has 0 amide bonds. The highest BCUT2D eigenvalue weighted by Gasteiger charge is 2.41. The number of nitrogens with one attached hydrogen (secondary N) is 1. The highest BCUT2D eigenvalue weighted by atomic mass is 35.6. The van der Waals surface area contributed by atoms with E-state index in [1.807, 2.05) is 24.3 Å². The van der Waals surface area contributed by atoms with Crippen molar-refractivity contribution in [2.45, 2.75) is 67.7 Å². The topological polar surface area (TPSA) is 64.6 Å². The number of fused-ring (bicyclic) bond motifs is 1. The smallest absolute Gasteiger partial charge is 0.336 e. The Morgan fingerprint density at radius 3 is 2.21 bits per heavy atom. The van der Waals surface area contributed by atoms with Crippen molar-refractivity contribution in [1.82, 2.24) is 4.72 Å². The van der Waals surface area contributed by atoms with Gasteiger partial charge >= 0.3 is 10.3 Å². The van der Waals surface area contributed by atoms with Crippen molar-refractivity contribution in [3.05, 3.63) is 35.4 Å². The lowest BCUT2D eigenvalue weighted by Gasteiger charge is -2.42. The zero-order valence-electron chi connectivity index (χ0n) is 16.8. The van der Waals surface area contributed by atoms with Crippen molar-refractivity contribution in [1.29, 1.82) is 0 Å². The molecule has 1 aliphatic carbocycles. The van der Waals surface area contributed by atoms with Crippen LogP contribution < -0.4 is 4.72 Å². The predicted octanol–water partition coefficient (Wildman–Crippen LogP) is 5.81. The number of benzene rings is 1. The number of halogens is 3. The summed E-state index contributed by atoms with van der Waals surface area (Å²) in [5.74, 6) is 0. The summed E-state index contributed by atoms with van der Waals surface area (Å²) < 4.78 is 36.7. The van der Waals surface area contributed by atoms with Gasteiger partial charge in [0.1, 0.15) is 6.61 Å². The van der Waals surface area contributed by atoms with E-state index in [0.717, 1.165) is 11.1 Å². The average Bonchev–Trinajstić information content (AvgIpc) is 2.53. The van der Waals surface area contributed by atoms with E-state index in [2.05, 4.69) is 38.6 Å². The highest BCUT2D eigenvalue weighted by Crippen LogP contribution is 2.45. The van der Waals surface area contributed by atoms with Gasteiger partial charge in [-0.15, -0.1) is 0 Å². The molecular weight excluding hydrogens is 461 g/mol. The summed E-state index contributed by atoms with van der Waals surface area (Å²) in [5, 5.41) is 0.0887. The maximum atomic E-state index is 12.3. The third kappa shape index (κ3) is 6.57. The van der Waals surface area contributed by atoms with Crippen molar-refractivity contribution in [3.63, 3.8) is 0 Å². The van der Waals surface area contributed by atoms with Crippen LogP contribution in [-0.2, 0) is 18.9 Å². The van der Waals surface area contributed by atoms with Gasteiger partial charge in [-0.25, -0.2) is 0 Å². The molecule has 0 unspecified atom stereocenters. The van der Waals surface area contributed by atoms with Crippen LogP contribution >= 0.6 is 34.8 Å². The van der Waals surface area contributed by atoms with Crippen molar-refractivity contribution in [2.75, 3.05) is 6.61 Å². The molecule has 2 atom stereocenters. The minimum atomic E-state index is -4.07. The summed E-state index contributed by atoms with van der Waals surface area (Å²) in [7, 11) is -6.04. The highest BCUT2D eigenvalue weighted by molar-refractivity contribution is 7.84. The van der Waals surface area contributed by atoms with Crippen molar-refractivity contribution in [2.24, 2.45) is 0 Å². The second-order valence-electron chi connectivity index (χ2n) is 8.57. The lowest BCUT2D eigenvalue weighted by molar-refractivity contribution is 0.155. The Morgan fingerprint density at radius 1 is 1.11 bits per heavy atom. The molecule has 0 aromatic heterocycles. The van der Waals surface area contributed by atoms with E-state index in [9.17, 15) is 8.42 Å². The molecule has 2 rings (SSSR count). The second kappa shape index (κ2) is 8.71. The first-order valence-corrected chi connectivity index (χ1v) is 14.6. The van der Waals surface area contributed by atoms with E-state index in [4.69, 9.17) is 43.4 Å². The third-order valence-electron chi connectivity index (χ3n) is 5.34. The van der Waals surface area contributed by atoms with Gasteiger partial charge < -0.3 is 4.43 Å². The van der Waals surface area contributed by atoms with Gasteiger partial charge in [0.15, 0.2) is 8.32 Å². The molecule has 0 fully saturated rings. The van der Waals surface area contributed by atoms with E-state index >= 15 is 0 Å². The van der Waals surface area contributed by atoms with Gasteiger partial charge in [-0.1, -0.05) is 79.8 Å². The molecule has 1 aromatic carbocycles. The second-order valence-corrected chi connectivity index (χ2v) is 17.2. The standard InChI is InChI=1S/C18H28Cl3NO4SSi/c1-17(2,3)28(4,5)26-16-11-10-15(13-8-6-7-9-14(13)16)22-27(23,24)25-12-18(19,20)21/h6-9,15-16,22H,10-12H2,1-5H3/t15-,16+/m0/s1. The molecule has 1 aliphatic rings. The molecule has 5 nitrogen and oxygen atoms in total. The quantitative estimate of drug-likeness (QED) is 0.405. The van der Waals surface area contributed by atoms with E-state index in [-0.39, 0.29) is 11.1 Å². The minimum absolute atomic E-state index is 0.0556. The molecule has 0 heterocycles. The van der Waals surface area contributed by atoms with Crippen LogP contribution in [0.15, 0.2) is 24.3 Å². The van der Waals surface area contributed by atoms with Crippen LogP contribution in [0.4, 0.5) is 0 Å². The largest absolute Gasteiger partial charge is 0.410 e. The van der Waals surface area contributed by atoms with Crippen LogP contribution in [0, 0.1) is 0 Å². The Balaban J connectivity index is 2.20. The van der Waals surface area contributed by atoms with Gasteiger partial charge in [0.25, 0.3) is 0 Å². The van der Waals surface area contributed by atoms with Crippen molar-refractivity contribution in [3.8, 4) is 0 Å². The van der Waals surface area contributed by atoms with Crippen molar-refractivity contribution < 1.29 is 17.0 Å². The Morgan fingerprint density at radius 2 is 1.68 bits per heavy atom. The first kappa shape index (κ1) is 24.4. The fourth-order valence-electron chi connectivity index (χ4n) is 2.88. The molecule has 0 aliphatic heterocycles. The molecule has 160 valence electrons. The lowest BCUT2D eigenvalue weighted by Crippen LogP contribution is -2.43. The number of hydrogen-bond donors (Lipinski definition) is 1. The van der Waals surface area contributed by atoms with Crippen LogP contribution in [0.1, 0.15) is 56.9 Å². The van der Waals surface area contributed by atoms with E-state index in [1.165, 1.54) is 0 Å². The summed E-state index contributed by atoms with van der Waals surface area (Å²) in [6, 6.07) is 7.32. The average molecular weight is 489 g/mol. The monoisotopic (exact) mass is 487 g/mol. The van der Waals surface area contributed by atoms with E-state index in [0.29, 0.717) is 12.8 Å². The number of rotatable bonds is 6. The predicted molar refractivity (Wildman–Crippen MR) is 118 cm³/mol. The first-order chi connectivity index (χ1) is 12.6. The summed E-state index contributed by atoms with van der Waals surface area (Å²) in [6.45, 7) is 10.5.